The molecule has 1 atom stereocenters. The van der Waals surface area contributed by atoms with Crippen molar-refractivity contribution in [3.05, 3.63) is 39.2 Å². The van der Waals surface area contributed by atoms with E-state index in [1.54, 1.807) is 14.8 Å². The monoisotopic (exact) mass is 496 g/mol. The molecule has 12 heteroatoms. The molecular weight excluding hydrogens is 468 g/mol. The number of carbonyl (C=O) groups is 3. The van der Waals surface area contributed by atoms with E-state index in [4.69, 9.17) is 0 Å². The largest absolute Gasteiger partial charge is 0.354 e. The van der Waals surface area contributed by atoms with E-state index in [0.29, 0.717) is 48.8 Å². The summed E-state index contributed by atoms with van der Waals surface area (Å²) in [6, 6.07) is 1.31. The number of thiazole rings is 1. The van der Waals surface area contributed by atoms with Crippen molar-refractivity contribution in [2.75, 3.05) is 19.6 Å². The lowest BCUT2D eigenvalue weighted by Crippen LogP contribution is -2.45. The third-order valence-electron chi connectivity index (χ3n) is 6.65. The number of aromatic nitrogens is 5. The third-order valence-corrected chi connectivity index (χ3v) is 7.66. The van der Waals surface area contributed by atoms with Gasteiger partial charge in [-0.1, -0.05) is 0 Å². The average molecular weight is 497 g/mol. The maximum atomic E-state index is 13.1. The van der Waals surface area contributed by atoms with Crippen LogP contribution in [-0.2, 0) is 4.79 Å². The maximum Gasteiger partial charge on any atom is 0.276 e. The molecule has 0 radical (unpaired) electrons. The zero-order valence-electron chi connectivity index (χ0n) is 19.8. The first-order valence-corrected chi connectivity index (χ1v) is 12.8. The Labute approximate surface area is 206 Å². The van der Waals surface area contributed by atoms with E-state index in [-0.39, 0.29) is 23.6 Å². The second-order valence-corrected chi connectivity index (χ2v) is 10.0. The number of hydrogen-bond acceptors (Lipinski definition) is 8. The van der Waals surface area contributed by atoms with Crippen molar-refractivity contribution in [1.29, 1.82) is 0 Å². The highest BCUT2D eigenvalue weighted by molar-refractivity contribution is 7.09. The first-order chi connectivity index (χ1) is 16.9. The molecule has 5 rings (SSSR count). The van der Waals surface area contributed by atoms with E-state index < -0.39 is 6.04 Å². The molecule has 2 saturated heterocycles. The van der Waals surface area contributed by atoms with Crippen LogP contribution in [0.15, 0.2) is 11.4 Å². The third kappa shape index (κ3) is 4.75. The Morgan fingerprint density at radius 2 is 1.94 bits per heavy atom. The van der Waals surface area contributed by atoms with Gasteiger partial charge in [0.05, 0.1) is 16.4 Å². The van der Waals surface area contributed by atoms with Gasteiger partial charge in [-0.2, -0.15) is 5.10 Å². The lowest BCUT2D eigenvalue weighted by molar-refractivity contribution is -0.122. The maximum absolute atomic E-state index is 13.1. The molecule has 0 bridgehead atoms. The zero-order valence-corrected chi connectivity index (χ0v) is 20.6. The smallest absolute Gasteiger partial charge is 0.276 e. The van der Waals surface area contributed by atoms with E-state index in [1.807, 2.05) is 19.9 Å². The van der Waals surface area contributed by atoms with Crippen LogP contribution in [0.5, 0.6) is 0 Å². The number of nitrogens with one attached hydrogen (secondary N) is 2. The number of nitrogens with zero attached hydrogens (tertiary/aromatic N) is 6. The number of carbonyl (C=O) groups excluding carboxylic acids is 3. The Kier molecular flexibility index (Phi) is 6.46. The number of fused-ring (bicyclic) bond motifs is 1. The molecule has 2 aliphatic rings. The fourth-order valence-corrected chi connectivity index (χ4v) is 5.61. The summed E-state index contributed by atoms with van der Waals surface area (Å²) >= 11 is 1.45. The van der Waals surface area contributed by atoms with Crippen LogP contribution < -0.4 is 10.6 Å². The summed E-state index contributed by atoms with van der Waals surface area (Å²) in [6.45, 7) is 5.50. The topological polar surface area (TPSA) is 134 Å². The van der Waals surface area contributed by atoms with Gasteiger partial charge in [0.1, 0.15) is 11.7 Å². The minimum absolute atomic E-state index is 0.134. The SMILES string of the molecule is Cc1cc2nnc(C(=O)N3CCC(c4nc(C(=O)NC5CCCCNC5=O)cs4)CC3)c(C)n2n1. The van der Waals surface area contributed by atoms with Crippen LogP contribution in [0.4, 0.5) is 0 Å². The highest BCUT2D eigenvalue weighted by Gasteiger charge is 2.30. The lowest BCUT2D eigenvalue weighted by atomic mass is 9.97. The predicted octanol–water partition coefficient (Wildman–Crippen LogP) is 1.62. The Bertz CT molecular complexity index is 1280. The molecule has 0 aromatic carbocycles. The molecule has 3 aromatic heterocycles. The molecule has 2 N–H and O–H groups in total. The van der Waals surface area contributed by atoms with Crippen molar-refractivity contribution in [3.8, 4) is 0 Å². The van der Waals surface area contributed by atoms with Crippen LogP contribution in [0.1, 0.15) is 75.4 Å². The Morgan fingerprint density at radius 1 is 1.14 bits per heavy atom. The fraction of sp³-hybridized carbons (Fsp3) is 0.522. The molecule has 5 heterocycles. The first-order valence-electron chi connectivity index (χ1n) is 11.9. The molecule has 3 amide bonds. The van der Waals surface area contributed by atoms with Crippen LogP contribution in [0, 0.1) is 13.8 Å². The molecule has 1 unspecified atom stereocenters. The Balaban J connectivity index is 1.20. The minimum Gasteiger partial charge on any atom is -0.354 e. The van der Waals surface area contributed by atoms with E-state index in [0.717, 1.165) is 36.4 Å². The van der Waals surface area contributed by atoms with Gasteiger partial charge in [0.2, 0.25) is 5.91 Å². The highest BCUT2D eigenvalue weighted by Crippen LogP contribution is 2.31. The molecule has 11 nitrogen and oxygen atoms in total. The van der Waals surface area contributed by atoms with Gasteiger partial charge >= 0.3 is 0 Å². The van der Waals surface area contributed by atoms with Crippen molar-refractivity contribution in [2.45, 2.75) is 57.9 Å². The Hall–Kier alpha value is -3.41. The van der Waals surface area contributed by atoms with Crippen molar-refractivity contribution < 1.29 is 14.4 Å². The van der Waals surface area contributed by atoms with E-state index >= 15 is 0 Å². The number of aryl methyl sites for hydroxylation is 2. The Morgan fingerprint density at radius 3 is 2.74 bits per heavy atom. The summed E-state index contributed by atoms with van der Waals surface area (Å²) in [7, 11) is 0. The van der Waals surface area contributed by atoms with Crippen molar-refractivity contribution in [3.63, 3.8) is 0 Å². The van der Waals surface area contributed by atoms with Gasteiger partial charge in [-0.05, 0) is 46.0 Å². The second kappa shape index (κ2) is 9.68. The molecule has 0 spiro atoms. The normalized spacial score (nSPS) is 19.4. The summed E-state index contributed by atoms with van der Waals surface area (Å²) in [6.07, 6.45) is 3.95. The van der Waals surface area contributed by atoms with Gasteiger partial charge in [-0.15, -0.1) is 21.5 Å². The molecule has 2 fully saturated rings. The van der Waals surface area contributed by atoms with Crippen LogP contribution in [-0.4, -0.2) is 73.1 Å². The number of likely N-dealkylation sites (tertiary alicyclic amines) is 1. The molecule has 0 saturated carbocycles. The van der Waals surface area contributed by atoms with Gasteiger partial charge in [0.15, 0.2) is 11.3 Å². The molecule has 2 aliphatic heterocycles. The molecule has 184 valence electrons. The summed E-state index contributed by atoms with van der Waals surface area (Å²) in [5.41, 5.74) is 2.78. The number of piperidine rings is 1. The van der Waals surface area contributed by atoms with Crippen molar-refractivity contribution in [2.24, 2.45) is 0 Å². The van der Waals surface area contributed by atoms with Crippen LogP contribution in [0.2, 0.25) is 0 Å². The summed E-state index contributed by atoms with van der Waals surface area (Å²) in [4.78, 5) is 44.3. The average Bonchev–Trinajstić information content (AvgIpc) is 3.45. The van der Waals surface area contributed by atoms with Gasteiger partial charge in [-0.25, -0.2) is 9.50 Å². The van der Waals surface area contributed by atoms with Crippen LogP contribution >= 0.6 is 11.3 Å². The lowest BCUT2D eigenvalue weighted by Gasteiger charge is -2.31. The van der Waals surface area contributed by atoms with Gasteiger partial charge in [0, 0.05) is 37.0 Å². The number of hydrogen-bond donors (Lipinski definition) is 2. The van der Waals surface area contributed by atoms with Crippen LogP contribution in [0.3, 0.4) is 0 Å². The van der Waals surface area contributed by atoms with Crippen LogP contribution in [0.25, 0.3) is 5.65 Å². The minimum atomic E-state index is -0.513. The fourth-order valence-electron chi connectivity index (χ4n) is 4.64. The summed E-state index contributed by atoms with van der Waals surface area (Å²) in [5, 5.41) is 21.0. The molecule has 35 heavy (non-hydrogen) atoms. The number of rotatable bonds is 4. The van der Waals surface area contributed by atoms with Gasteiger partial charge in [0.25, 0.3) is 11.8 Å². The van der Waals surface area contributed by atoms with Crippen molar-refractivity contribution >= 4 is 34.7 Å². The standard InChI is InChI=1S/C23H28N8O3S/c1-13-11-18-27-28-19(14(2)31(18)29-13)23(34)30-9-6-15(7-10-30)22-26-17(12-35-22)21(33)25-16-5-3-4-8-24-20(16)32/h11-12,15-16H,3-10H2,1-2H3,(H,24,32)(H,25,33). The van der Waals surface area contributed by atoms with E-state index in [9.17, 15) is 14.4 Å². The molecule has 0 aliphatic carbocycles. The quantitative estimate of drug-likeness (QED) is 0.560. The zero-order chi connectivity index (χ0) is 24.5. The predicted molar refractivity (Wildman–Crippen MR) is 128 cm³/mol. The summed E-state index contributed by atoms with van der Waals surface area (Å²) in [5.74, 6) is -0.426. The molecular formula is C23H28N8O3S. The van der Waals surface area contributed by atoms with Crippen molar-refractivity contribution in [1.82, 2.24) is 40.3 Å². The van der Waals surface area contributed by atoms with Gasteiger partial charge < -0.3 is 15.5 Å². The summed E-state index contributed by atoms with van der Waals surface area (Å²) < 4.78 is 1.66. The van der Waals surface area contributed by atoms with E-state index in [2.05, 4.69) is 30.9 Å². The van der Waals surface area contributed by atoms with E-state index in [1.165, 1.54) is 11.3 Å². The number of amides is 3. The first kappa shape index (κ1) is 23.3. The second-order valence-electron chi connectivity index (χ2n) is 9.14. The highest BCUT2D eigenvalue weighted by atomic mass is 32.1. The molecule has 3 aromatic rings. The van der Waals surface area contributed by atoms with Gasteiger partial charge in [-0.3, -0.25) is 14.4 Å².